The Labute approximate surface area is 114 Å². The van der Waals surface area contributed by atoms with E-state index in [2.05, 4.69) is 0 Å². The first-order valence-corrected chi connectivity index (χ1v) is 5.87. The lowest BCUT2D eigenvalue weighted by atomic mass is 9.79. The molecule has 0 aliphatic carbocycles. The number of hydrogen-bond acceptors (Lipinski definition) is 5. The first-order valence-electron chi connectivity index (χ1n) is 5.49. The van der Waals surface area contributed by atoms with Crippen LogP contribution in [-0.4, -0.2) is 24.3 Å². The van der Waals surface area contributed by atoms with Crippen LogP contribution in [0.15, 0.2) is 6.07 Å². The molecule has 0 fully saturated rings. The molecule has 0 radical (unpaired) electrons. The van der Waals surface area contributed by atoms with Gasteiger partial charge in [0.2, 0.25) is 0 Å². The van der Waals surface area contributed by atoms with Crippen molar-refractivity contribution in [3.05, 3.63) is 22.5 Å². The van der Waals surface area contributed by atoms with Crippen molar-refractivity contribution < 1.29 is 18.8 Å². The molecule has 1 heterocycles. The van der Waals surface area contributed by atoms with Gasteiger partial charge in [-0.1, -0.05) is 11.6 Å². The molecule has 0 amide bonds. The van der Waals surface area contributed by atoms with Gasteiger partial charge in [-0.05, 0) is 6.92 Å². The summed E-state index contributed by atoms with van der Waals surface area (Å²) in [6, 6.07) is 2.94. The lowest BCUT2D eigenvalue weighted by Gasteiger charge is -2.18. The van der Waals surface area contributed by atoms with Crippen LogP contribution in [0.4, 0.5) is 4.39 Å². The molecule has 1 aromatic carbocycles. The second-order valence-corrected chi connectivity index (χ2v) is 4.92. The van der Waals surface area contributed by atoms with Gasteiger partial charge in [0, 0.05) is 17.1 Å². The SMILES string of the molecule is CC(N)(C#N)COc1cc(F)c2c(c1Cl)B(O)OC2. The van der Waals surface area contributed by atoms with Gasteiger partial charge in [0.05, 0.1) is 17.7 Å². The Balaban J connectivity index is 2.31. The molecule has 1 unspecified atom stereocenters. The molecule has 0 saturated heterocycles. The predicted octanol–water partition coefficient (Wildman–Crippen LogP) is 0.317. The molecule has 2 rings (SSSR count). The topological polar surface area (TPSA) is 88.5 Å². The second kappa shape index (κ2) is 4.98. The van der Waals surface area contributed by atoms with E-state index in [0.29, 0.717) is 0 Å². The molecule has 1 aliphatic rings. The quantitative estimate of drug-likeness (QED) is 0.780. The van der Waals surface area contributed by atoms with Crippen molar-refractivity contribution >= 4 is 24.2 Å². The molecule has 1 atom stereocenters. The highest BCUT2D eigenvalue weighted by Crippen LogP contribution is 2.29. The molecule has 19 heavy (non-hydrogen) atoms. The molecule has 0 spiro atoms. The zero-order valence-corrected chi connectivity index (χ0v) is 10.9. The van der Waals surface area contributed by atoms with E-state index in [-0.39, 0.29) is 35.0 Å². The molecule has 1 aliphatic heterocycles. The minimum Gasteiger partial charge on any atom is -0.489 e. The highest BCUT2D eigenvalue weighted by Gasteiger charge is 2.34. The summed E-state index contributed by atoms with van der Waals surface area (Å²) < 4.78 is 23.9. The third-order valence-electron chi connectivity index (χ3n) is 2.74. The normalized spacial score (nSPS) is 16.7. The summed E-state index contributed by atoms with van der Waals surface area (Å²) in [5, 5.41) is 18.4. The smallest absolute Gasteiger partial charge is 0.489 e. The summed E-state index contributed by atoms with van der Waals surface area (Å²) in [4.78, 5) is 0. The number of nitriles is 1. The van der Waals surface area contributed by atoms with Crippen molar-refractivity contribution in [3.8, 4) is 11.8 Å². The van der Waals surface area contributed by atoms with Crippen LogP contribution in [0.3, 0.4) is 0 Å². The maximum absolute atomic E-state index is 13.8. The third kappa shape index (κ3) is 2.67. The van der Waals surface area contributed by atoms with Crippen molar-refractivity contribution in [1.82, 2.24) is 0 Å². The predicted molar refractivity (Wildman–Crippen MR) is 67.5 cm³/mol. The van der Waals surface area contributed by atoms with Crippen molar-refractivity contribution in [2.45, 2.75) is 19.1 Å². The van der Waals surface area contributed by atoms with Gasteiger partial charge in [0.1, 0.15) is 23.7 Å². The van der Waals surface area contributed by atoms with Gasteiger partial charge in [0.15, 0.2) is 0 Å². The van der Waals surface area contributed by atoms with Crippen molar-refractivity contribution in [3.63, 3.8) is 0 Å². The number of fused-ring (bicyclic) bond motifs is 1. The molecule has 8 heteroatoms. The van der Waals surface area contributed by atoms with E-state index >= 15 is 0 Å². The molecular weight excluding hydrogens is 273 g/mol. The van der Waals surface area contributed by atoms with E-state index in [9.17, 15) is 9.41 Å². The van der Waals surface area contributed by atoms with Gasteiger partial charge in [-0.2, -0.15) is 5.26 Å². The van der Waals surface area contributed by atoms with Crippen LogP contribution in [0.1, 0.15) is 12.5 Å². The number of rotatable bonds is 3. The van der Waals surface area contributed by atoms with E-state index in [4.69, 9.17) is 32.0 Å². The molecule has 5 nitrogen and oxygen atoms in total. The number of nitrogens with zero attached hydrogens (tertiary/aromatic N) is 1. The summed E-state index contributed by atoms with van der Waals surface area (Å²) >= 11 is 6.04. The molecule has 1 aromatic rings. The minimum atomic E-state index is -1.28. The van der Waals surface area contributed by atoms with Gasteiger partial charge in [-0.15, -0.1) is 0 Å². The monoisotopic (exact) mass is 284 g/mol. The fourth-order valence-electron chi connectivity index (χ4n) is 1.67. The number of ether oxygens (including phenoxy) is 1. The largest absolute Gasteiger partial charge is 0.493 e. The van der Waals surface area contributed by atoms with E-state index in [0.717, 1.165) is 6.07 Å². The highest BCUT2D eigenvalue weighted by molar-refractivity contribution is 6.65. The Morgan fingerprint density at radius 1 is 1.79 bits per heavy atom. The number of halogens is 2. The Kier molecular flexibility index (Phi) is 3.70. The van der Waals surface area contributed by atoms with Crippen molar-refractivity contribution in [2.24, 2.45) is 5.73 Å². The number of nitrogens with two attached hydrogens (primary N) is 1. The zero-order valence-electron chi connectivity index (χ0n) is 10.1. The number of hydrogen-bond donors (Lipinski definition) is 2. The van der Waals surface area contributed by atoms with Crippen molar-refractivity contribution in [1.29, 1.82) is 5.26 Å². The van der Waals surface area contributed by atoms with Crippen LogP contribution in [0.25, 0.3) is 0 Å². The summed E-state index contributed by atoms with van der Waals surface area (Å²) in [5.74, 6) is -0.559. The molecule has 0 bridgehead atoms. The van der Waals surface area contributed by atoms with E-state index in [1.165, 1.54) is 6.92 Å². The molecule has 3 N–H and O–H groups in total. The highest BCUT2D eigenvalue weighted by atomic mass is 35.5. The molecule has 100 valence electrons. The first-order chi connectivity index (χ1) is 8.85. The lowest BCUT2D eigenvalue weighted by Crippen LogP contribution is -2.41. The average Bonchev–Trinajstić information content (AvgIpc) is 2.75. The van der Waals surface area contributed by atoms with Crippen LogP contribution in [0.2, 0.25) is 5.02 Å². The third-order valence-corrected chi connectivity index (χ3v) is 3.13. The first kappa shape index (κ1) is 14.1. The van der Waals surface area contributed by atoms with Crippen LogP contribution in [0, 0.1) is 17.1 Å². The van der Waals surface area contributed by atoms with Crippen LogP contribution in [0.5, 0.6) is 5.75 Å². The Morgan fingerprint density at radius 3 is 3.11 bits per heavy atom. The maximum atomic E-state index is 13.8. The fraction of sp³-hybridized carbons (Fsp3) is 0.364. The summed E-state index contributed by atoms with van der Waals surface area (Å²) in [5.41, 5.74) is 4.75. The average molecular weight is 284 g/mol. The lowest BCUT2D eigenvalue weighted by molar-refractivity contribution is 0.263. The molecule has 0 aromatic heterocycles. The van der Waals surface area contributed by atoms with Crippen LogP contribution < -0.4 is 15.9 Å². The molecule has 0 saturated carbocycles. The van der Waals surface area contributed by atoms with Crippen LogP contribution in [-0.2, 0) is 11.3 Å². The van der Waals surface area contributed by atoms with Gasteiger partial charge >= 0.3 is 7.12 Å². The Hall–Kier alpha value is -1.33. The minimum absolute atomic E-state index is 0.0226. The van der Waals surface area contributed by atoms with Crippen molar-refractivity contribution in [2.75, 3.05) is 6.61 Å². The van der Waals surface area contributed by atoms with E-state index < -0.39 is 18.5 Å². The van der Waals surface area contributed by atoms with E-state index in [1.54, 1.807) is 0 Å². The van der Waals surface area contributed by atoms with Gasteiger partial charge in [-0.3, -0.25) is 0 Å². The Morgan fingerprint density at radius 2 is 2.47 bits per heavy atom. The van der Waals surface area contributed by atoms with Gasteiger partial charge in [-0.25, -0.2) is 4.39 Å². The standard InChI is InChI=1S/C11H11BClFN2O3/c1-11(16,4-15)5-18-8-2-7(14)6-3-19-12(17)9(6)10(8)13/h2,17H,3,5,16H2,1H3. The summed E-state index contributed by atoms with van der Waals surface area (Å²) in [6.45, 7) is 1.27. The summed E-state index contributed by atoms with van der Waals surface area (Å²) in [6.07, 6.45) is 0. The van der Waals surface area contributed by atoms with Gasteiger partial charge in [0.25, 0.3) is 0 Å². The van der Waals surface area contributed by atoms with Gasteiger partial charge < -0.3 is 20.1 Å². The van der Waals surface area contributed by atoms with E-state index in [1.807, 2.05) is 6.07 Å². The second-order valence-electron chi connectivity index (χ2n) is 4.54. The number of benzene rings is 1. The zero-order chi connectivity index (χ0) is 14.2. The van der Waals surface area contributed by atoms with Crippen LogP contribution >= 0.6 is 11.6 Å². The Bertz CT molecular complexity index is 562. The maximum Gasteiger partial charge on any atom is 0.493 e. The summed E-state index contributed by atoms with van der Waals surface area (Å²) in [7, 11) is -1.28. The molecular formula is C11H11BClFN2O3. The fourth-order valence-corrected chi connectivity index (χ4v) is 1.99.